The number of halogens is 1. The first-order valence-corrected chi connectivity index (χ1v) is 6.01. The van der Waals surface area contributed by atoms with Crippen molar-refractivity contribution in [3.8, 4) is 5.69 Å². The molecule has 0 aliphatic rings. The third-order valence-electron chi connectivity index (χ3n) is 2.56. The third-order valence-corrected chi connectivity index (χ3v) is 3.23. The molecule has 0 aliphatic carbocycles. The lowest BCUT2D eigenvalue weighted by Crippen LogP contribution is -2.05. The molecular formula is C13H10BrNO3. The summed E-state index contributed by atoms with van der Waals surface area (Å²) in [6, 6.07) is 8.61. The molecule has 92 valence electrons. The molecule has 1 heterocycles. The highest BCUT2D eigenvalue weighted by molar-refractivity contribution is 9.10. The minimum atomic E-state index is -1.07. The maximum absolute atomic E-state index is 11.3. The van der Waals surface area contributed by atoms with Gasteiger partial charge >= 0.3 is 5.97 Å². The van der Waals surface area contributed by atoms with Crippen LogP contribution in [0.25, 0.3) is 5.69 Å². The number of carbonyl (C=O) groups is 2. The van der Waals surface area contributed by atoms with Crippen LogP contribution in [0.2, 0.25) is 0 Å². The van der Waals surface area contributed by atoms with Gasteiger partial charge in [0.15, 0.2) is 5.78 Å². The molecule has 0 unspecified atom stereocenters. The summed E-state index contributed by atoms with van der Waals surface area (Å²) in [5, 5.41) is 9.17. The van der Waals surface area contributed by atoms with Gasteiger partial charge in [0.05, 0.1) is 5.69 Å². The van der Waals surface area contributed by atoms with Crippen molar-refractivity contribution in [3.05, 3.63) is 52.3 Å². The van der Waals surface area contributed by atoms with Gasteiger partial charge in [0, 0.05) is 16.2 Å². The standard InChI is InChI=1S/C13H10BrNO3/c1-8(16)9-6-12(13(17)18)15(7-9)11-5-3-2-4-10(11)14/h2-7H,1H3,(H,17,18). The van der Waals surface area contributed by atoms with Gasteiger partial charge < -0.3 is 9.67 Å². The van der Waals surface area contributed by atoms with Gasteiger partial charge in [0.2, 0.25) is 0 Å². The molecule has 4 nitrogen and oxygen atoms in total. The van der Waals surface area contributed by atoms with Crippen molar-refractivity contribution in [1.82, 2.24) is 4.57 Å². The minimum absolute atomic E-state index is 0.0621. The van der Waals surface area contributed by atoms with Gasteiger partial charge in [-0.25, -0.2) is 4.79 Å². The van der Waals surface area contributed by atoms with Gasteiger partial charge in [-0.05, 0) is 41.1 Å². The van der Waals surface area contributed by atoms with Crippen LogP contribution in [0.3, 0.4) is 0 Å². The van der Waals surface area contributed by atoms with Crippen molar-refractivity contribution in [3.63, 3.8) is 0 Å². The zero-order chi connectivity index (χ0) is 13.3. The summed E-state index contributed by atoms with van der Waals surface area (Å²) in [5.41, 5.74) is 1.12. The van der Waals surface area contributed by atoms with Gasteiger partial charge in [-0.1, -0.05) is 12.1 Å². The monoisotopic (exact) mass is 307 g/mol. The number of carboxylic acids is 1. The van der Waals surface area contributed by atoms with E-state index >= 15 is 0 Å². The molecule has 0 atom stereocenters. The molecule has 5 heteroatoms. The summed E-state index contributed by atoms with van der Waals surface area (Å²) in [6.07, 6.45) is 1.53. The number of aromatic carboxylic acids is 1. The Morgan fingerprint density at radius 2 is 1.94 bits per heavy atom. The smallest absolute Gasteiger partial charge is 0.352 e. The number of carboxylic acid groups (broad SMARTS) is 1. The number of ketones is 1. The average molecular weight is 308 g/mol. The second-order valence-corrected chi connectivity index (χ2v) is 4.65. The summed E-state index contributed by atoms with van der Waals surface area (Å²) < 4.78 is 2.25. The Morgan fingerprint density at radius 3 is 2.50 bits per heavy atom. The van der Waals surface area contributed by atoms with Crippen LogP contribution >= 0.6 is 15.9 Å². The Kier molecular flexibility index (Phi) is 3.34. The highest BCUT2D eigenvalue weighted by Gasteiger charge is 2.16. The van der Waals surface area contributed by atoms with Gasteiger partial charge in [0.1, 0.15) is 5.69 Å². The van der Waals surface area contributed by atoms with Gasteiger partial charge in [-0.3, -0.25) is 4.79 Å². The maximum Gasteiger partial charge on any atom is 0.352 e. The van der Waals surface area contributed by atoms with Crippen LogP contribution in [0.15, 0.2) is 41.0 Å². The van der Waals surface area contributed by atoms with Gasteiger partial charge in [-0.15, -0.1) is 0 Å². The minimum Gasteiger partial charge on any atom is -0.477 e. The second kappa shape index (κ2) is 4.78. The van der Waals surface area contributed by atoms with Crippen molar-refractivity contribution in [1.29, 1.82) is 0 Å². The van der Waals surface area contributed by atoms with Crippen LogP contribution in [0.5, 0.6) is 0 Å². The summed E-state index contributed by atoms with van der Waals surface area (Å²) in [6.45, 7) is 1.41. The summed E-state index contributed by atoms with van der Waals surface area (Å²) >= 11 is 3.36. The molecule has 0 bridgehead atoms. The Morgan fingerprint density at radius 1 is 1.28 bits per heavy atom. The Hall–Kier alpha value is -1.88. The molecule has 1 N–H and O–H groups in total. The normalized spacial score (nSPS) is 10.3. The van der Waals surface area contributed by atoms with Crippen LogP contribution in [0, 0.1) is 0 Å². The van der Waals surface area contributed by atoms with E-state index in [4.69, 9.17) is 5.11 Å². The molecular weight excluding hydrogens is 298 g/mol. The van der Waals surface area contributed by atoms with Crippen molar-refractivity contribution < 1.29 is 14.7 Å². The summed E-state index contributed by atoms with van der Waals surface area (Å²) in [7, 11) is 0. The van der Waals surface area contributed by atoms with Crippen LogP contribution < -0.4 is 0 Å². The largest absolute Gasteiger partial charge is 0.477 e. The van der Waals surface area contributed by atoms with E-state index in [-0.39, 0.29) is 11.5 Å². The van der Waals surface area contributed by atoms with Crippen LogP contribution in [-0.2, 0) is 0 Å². The molecule has 18 heavy (non-hydrogen) atoms. The Balaban J connectivity index is 2.67. The van der Waals surface area contributed by atoms with Crippen molar-refractivity contribution >= 4 is 27.7 Å². The fourth-order valence-corrected chi connectivity index (χ4v) is 2.14. The first kappa shape index (κ1) is 12.6. The number of Topliss-reactive ketones (excluding diaryl/α,β-unsaturated/α-hetero) is 1. The molecule has 1 aromatic carbocycles. The number of hydrogen-bond donors (Lipinski definition) is 1. The van der Waals surface area contributed by atoms with E-state index in [1.54, 1.807) is 12.1 Å². The fraction of sp³-hybridized carbons (Fsp3) is 0.0769. The first-order valence-electron chi connectivity index (χ1n) is 5.22. The Bertz CT molecular complexity index is 631. The number of benzene rings is 1. The SMILES string of the molecule is CC(=O)c1cc(C(=O)O)n(-c2ccccc2Br)c1. The number of aromatic nitrogens is 1. The number of rotatable bonds is 3. The molecule has 0 amide bonds. The predicted octanol–water partition coefficient (Wildman–Crippen LogP) is 3.14. The van der Waals surface area contributed by atoms with E-state index in [1.165, 1.54) is 23.8 Å². The average Bonchev–Trinajstić information content (AvgIpc) is 2.74. The first-order chi connectivity index (χ1) is 8.50. The van der Waals surface area contributed by atoms with E-state index in [1.807, 2.05) is 12.1 Å². The highest BCUT2D eigenvalue weighted by atomic mass is 79.9. The topological polar surface area (TPSA) is 59.3 Å². The summed E-state index contributed by atoms with van der Waals surface area (Å²) in [4.78, 5) is 22.5. The van der Waals surface area contributed by atoms with E-state index in [0.29, 0.717) is 11.3 Å². The quantitative estimate of drug-likeness (QED) is 0.886. The lowest BCUT2D eigenvalue weighted by atomic mass is 10.2. The number of carbonyl (C=O) groups excluding carboxylic acids is 1. The predicted molar refractivity (Wildman–Crippen MR) is 70.4 cm³/mol. The number of nitrogens with zero attached hydrogens (tertiary/aromatic N) is 1. The van der Waals surface area contributed by atoms with E-state index in [2.05, 4.69) is 15.9 Å². The van der Waals surface area contributed by atoms with Crippen molar-refractivity contribution in [2.24, 2.45) is 0 Å². The fourth-order valence-electron chi connectivity index (χ4n) is 1.67. The second-order valence-electron chi connectivity index (χ2n) is 3.80. The maximum atomic E-state index is 11.3. The molecule has 0 aliphatic heterocycles. The van der Waals surface area contributed by atoms with Crippen LogP contribution in [0.4, 0.5) is 0 Å². The van der Waals surface area contributed by atoms with Gasteiger partial charge in [0.25, 0.3) is 0 Å². The van der Waals surface area contributed by atoms with E-state index < -0.39 is 5.97 Å². The van der Waals surface area contributed by atoms with Gasteiger partial charge in [-0.2, -0.15) is 0 Å². The molecule has 0 spiro atoms. The zero-order valence-corrected chi connectivity index (χ0v) is 11.1. The molecule has 0 fully saturated rings. The van der Waals surface area contributed by atoms with Crippen LogP contribution in [-0.4, -0.2) is 21.4 Å². The number of hydrogen-bond acceptors (Lipinski definition) is 2. The lowest BCUT2D eigenvalue weighted by Gasteiger charge is -2.07. The summed E-state index contributed by atoms with van der Waals surface area (Å²) in [5.74, 6) is -1.23. The molecule has 0 radical (unpaired) electrons. The van der Waals surface area contributed by atoms with E-state index in [0.717, 1.165) is 4.47 Å². The lowest BCUT2D eigenvalue weighted by molar-refractivity contribution is 0.0688. The third kappa shape index (κ3) is 2.22. The van der Waals surface area contributed by atoms with E-state index in [9.17, 15) is 9.59 Å². The molecule has 0 saturated heterocycles. The molecule has 0 saturated carbocycles. The molecule has 1 aromatic heterocycles. The Labute approximate surface area is 112 Å². The van der Waals surface area contributed by atoms with Crippen LogP contribution in [0.1, 0.15) is 27.8 Å². The molecule has 2 aromatic rings. The zero-order valence-electron chi connectivity index (χ0n) is 9.55. The molecule has 2 rings (SSSR count). The number of para-hydroxylation sites is 1. The van der Waals surface area contributed by atoms with Crippen molar-refractivity contribution in [2.45, 2.75) is 6.92 Å². The van der Waals surface area contributed by atoms with Crippen molar-refractivity contribution in [2.75, 3.05) is 0 Å². The highest BCUT2D eigenvalue weighted by Crippen LogP contribution is 2.24.